The molecule has 0 aliphatic heterocycles. The van der Waals surface area contributed by atoms with Crippen LogP contribution < -0.4 is 0 Å². The van der Waals surface area contributed by atoms with Crippen molar-refractivity contribution in [3.63, 3.8) is 0 Å². The summed E-state index contributed by atoms with van der Waals surface area (Å²) in [7, 11) is 0. The Bertz CT molecular complexity index is 900. The molecule has 1 N–H and O–H groups in total. The number of aryl methyl sites for hydroxylation is 1. The minimum atomic E-state index is -0.535. The van der Waals surface area contributed by atoms with Crippen LogP contribution in [0.2, 0.25) is 0 Å². The average Bonchev–Trinajstić information content (AvgIpc) is 2.96. The highest BCUT2D eigenvalue weighted by molar-refractivity contribution is 6.05. The highest BCUT2D eigenvalue weighted by Gasteiger charge is 2.25. The molecule has 0 spiro atoms. The first-order valence-electron chi connectivity index (χ1n) is 8.85. The summed E-state index contributed by atoms with van der Waals surface area (Å²) in [6.45, 7) is 8.82. The topological polar surface area (TPSA) is 79.5 Å². The molecular weight excluding hydrogens is 363 g/mol. The minimum absolute atomic E-state index is 0.148. The molecule has 28 heavy (non-hydrogen) atoms. The van der Waals surface area contributed by atoms with Crippen molar-refractivity contribution < 1.29 is 23.5 Å². The van der Waals surface area contributed by atoms with Gasteiger partial charge >= 0.3 is 5.97 Å². The lowest BCUT2D eigenvalue weighted by Crippen LogP contribution is -2.36. The quantitative estimate of drug-likeness (QED) is 0.428. The number of hydrogen-bond acceptors (Lipinski definition) is 4. The van der Waals surface area contributed by atoms with E-state index in [2.05, 4.69) is 11.6 Å². The Morgan fingerprint density at radius 2 is 1.86 bits per heavy atom. The van der Waals surface area contributed by atoms with Crippen LogP contribution in [-0.2, 0) is 4.74 Å². The van der Waals surface area contributed by atoms with E-state index in [1.54, 1.807) is 20.8 Å². The second-order valence-corrected chi connectivity index (χ2v) is 6.25. The number of benzene rings is 1. The largest absolute Gasteiger partial charge is 0.461 e. The van der Waals surface area contributed by atoms with E-state index in [1.165, 1.54) is 35.2 Å². The van der Waals surface area contributed by atoms with Gasteiger partial charge in [0.05, 0.1) is 13.2 Å². The number of Topliss-reactive ketones (excluding diaryl/α,β-unsaturated/α-hetero) is 1. The van der Waals surface area contributed by atoms with Crippen molar-refractivity contribution >= 4 is 17.7 Å². The van der Waals surface area contributed by atoms with Gasteiger partial charge in [0.2, 0.25) is 0 Å². The van der Waals surface area contributed by atoms with Crippen LogP contribution in [0.25, 0.3) is 0 Å². The van der Waals surface area contributed by atoms with Crippen LogP contribution >= 0.6 is 0 Å². The van der Waals surface area contributed by atoms with Gasteiger partial charge < -0.3 is 14.6 Å². The number of ether oxygens (including phenoxy) is 1. The maximum atomic E-state index is 13.1. The summed E-state index contributed by atoms with van der Waals surface area (Å²) in [5.41, 5.74) is 1.85. The predicted octanol–water partition coefficient (Wildman–Crippen LogP) is 3.46. The number of nitrogens with one attached hydrogen (secondary N) is 1. The van der Waals surface area contributed by atoms with E-state index >= 15 is 0 Å². The summed E-state index contributed by atoms with van der Waals surface area (Å²) < 4.78 is 18.1. The molecule has 1 amide bonds. The fraction of sp³-hybridized carbons (Fsp3) is 0.286. The molecule has 0 atom stereocenters. The van der Waals surface area contributed by atoms with E-state index in [4.69, 9.17) is 4.74 Å². The van der Waals surface area contributed by atoms with E-state index in [9.17, 15) is 18.8 Å². The monoisotopic (exact) mass is 386 g/mol. The summed E-state index contributed by atoms with van der Waals surface area (Å²) in [5.74, 6) is -1.72. The third-order valence-electron chi connectivity index (χ3n) is 4.26. The average molecular weight is 386 g/mol. The summed E-state index contributed by atoms with van der Waals surface area (Å²) in [6.07, 6.45) is 1.51. The summed E-state index contributed by atoms with van der Waals surface area (Å²) in [4.78, 5) is 41.8. The standard InChI is InChI=1S/C21H23FN2O4/c1-5-11-24(20(26)15-7-9-16(22)10-8-15)12-17(25)18-13(3)19(23-14(18)4)21(27)28-6-2/h5,7-10,23H,1,6,11-12H2,2-4H3. The maximum absolute atomic E-state index is 13.1. The van der Waals surface area contributed by atoms with Gasteiger partial charge in [-0.2, -0.15) is 0 Å². The van der Waals surface area contributed by atoms with Gasteiger partial charge in [-0.3, -0.25) is 9.59 Å². The molecule has 1 heterocycles. The number of carbonyl (C=O) groups excluding carboxylic acids is 3. The van der Waals surface area contributed by atoms with E-state index in [0.29, 0.717) is 16.8 Å². The molecule has 2 rings (SSSR count). The van der Waals surface area contributed by atoms with Gasteiger partial charge in [-0.25, -0.2) is 9.18 Å². The molecule has 0 aliphatic carbocycles. The molecule has 1 aromatic heterocycles. The highest BCUT2D eigenvalue weighted by Crippen LogP contribution is 2.20. The van der Waals surface area contributed by atoms with Gasteiger partial charge in [-0.15, -0.1) is 6.58 Å². The normalized spacial score (nSPS) is 10.4. The molecule has 2 aromatic rings. The molecule has 148 valence electrons. The molecule has 0 bridgehead atoms. The second kappa shape index (κ2) is 9.12. The smallest absolute Gasteiger partial charge is 0.355 e. The Balaban J connectivity index is 2.27. The number of hydrogen-bond donors (Lipinski definition) is 1. The zero-order chi connectivity index (χ0) is 20.8. The van der Waals surface area contributed by atoms with Crippen LogP contribution in [-0.4, -0.2) is 47.2 Å². The van der Waals surface area contributed by atoms with Gasteiger partial charge in [0.25, 0.3) is 5.91 Å². The van der Waals surface area contributed by atoms with Crippen molar-refractivity contribution in [3.05, 3.63) is 70.8 Å². The van der Waals surface area contributed by atoms with Crippen molar-refractivity contribution in [3.8, 4) is 0 Å². The van der Waals surface area contributed by atoms with Crippen molar-refractivity contribution in [1.29, 1.82) is 0 Å². The van der Waals surface area contributed by atoms with E-state index < -0.39 is 17.7 Å². The lowest BCUT2D eigenvalue weighted by Gasteiger charge is -2.20. The van der Waals surface area contributed by atoms with E-state index in [1.807, 2.05) is 0 Å². The molecule has 0 saturated heterocycles. The number of H-pyrrole nitrogens is 1. The van der Waals surface area contributed by atoms with Gasteiger partial charge in [-0.05, 0) is 50.6 Å². The molecule has 0 saturated carbocycles. The lowest BCUT2D eigenvalue weighted by molar-refractivity contribution is 0.0519. The number of amides is 1. The summed E-state index contributed by atoms with van der Waals surface area (Å²) >= 11 is 0. The SMILES string of the molecule is C=CCN(CC(=O)c1c(C)[nH]c(C(=O)OCC)c1C)C(=O)c1ccc(F)cc1. The van der Waals surface area contributed by atoms with E-state index in [0.717, 1.165) is 0 Å². The third kappa shape index (κ3) is 4.54. The summed E-state index contributed by atoms with van der Waals surface area (Å²) in [6, 6.07) is 5.11. The van der Waals surface area contributed by atoms with Crippen LogP contribution in [0.5, 0.6) is 0 Å². The van der Waals surface area contributed by atoms with Crippen molar-refractivity contribution in [2.45, 2.75) is 20.8 Å². The Morgan fingerprint density at radius 1 is 1.21 bits per heavy atom. The Kier molecular flexibility index (Phi) is 6.87. The number of esters is 1. The first-order chi connectivity index (χ1) is 13.3. The van der Waals surface area contributed by atoms with E-state index in [-0.39, 0.29) is 36.7 Å². The van der Waals surface area contributed by atoms with Crippen molar-refractivity contribution in [2.24, 2.45) is 0 Å². The lowest BCUT2D eigenvalue weighted by atomic mass is 10.0. The van der Waals surface area contributed by atoms with Crippen LogP contribution in [0.4, 0.5) is 4.39 Å². The number of ketones is 1. The molecule has 1 aromatic carbocycles. The fourth-order valence-corrected chi connectivity index (χ4v) is 2.98. The molecule has 0 fully saturated rings. The van der Waals surface area contributed by atoms with Gasteiger partial charge in [-0.1, -0.05) is 6.08 Å². The van der Waals surface area contributed by atoms with Crippen LogP contribution in [0.15, 0.2) is 36.9 Å². The zero-order valence-corrected chi connectivity index (χ0v) is 16.2. The zero-order valence-electron chi connectivity index (χ0n) is 16.2. The van der Waals surface area contributed by atoms with Gasteiger partial charge in [0.1, 0.15) is 11.5 Å². The van der Waals surface area contributed by atoms with Crippen LogP contribution in [0.3, 0.4) is 0 Å². The maximum Gasteiger partial charge on any atom is 0.355 e. The van der Waals surface area contributed by atoms with Gasteiger partial charge in [0, 0.05) is 23.4 Å². The van der Waals surface area contributed by atoms with Gasteiger partial charge in [0.15, 0.2) is 5.78 Å². The Morgan fingerprint density at radius 3 is 2.43 bits per heavy atom. The number of rotatable bonds is 8. The predicted molar refractivity (Wildman–Crippen MR) is 103 cm³/mol. The number of aromatic amines is 1. The summed E-state index contributed by atoms with van der Waals surface area (Å²) in [5, 5.41) is 0. The molecule has 0 radical (unpaired) electrons. The molecule has 7 heteroatoms. The van der Waals surface area contributed by atoms with Crippen LogP contribution in [0.1, 0.15) is 49.4 Å². The number of halogens is 1. The minimum Gasteiger partial charge on any atom is -0.461 e. The Hall–Kier alpha value is -3.22. The Labute approximate surface area is 163 Å². The first kappa shape index (κ1) is 21.1. The van der Waals surface area contributed by atoms with Crippen molar-refractivity contribution in [2.75, 3.05) is 19.7 Å². The number of carbonyl (C=O) groups is 3. The number of nitrogens with zero attached hydrogens (tertiary/aromatic N) is 1. The molecule has 0 unspecified atom stereocenters. The molecule has 0 aliphatic rings. The van der Waals surface area contributed by atoms with Crippen molar-refractivity contribution in [1.82, 2.24) is 9.88 Å². The first-order valence-corrected chi connectivity index (χ1v) is 8.85. The second-order valence-electron chi connectivity index (χ2n) is 6.25. The molecular formula is C21H23FN2O4. The fourth-order valence-electron chi connectivity index (χ4n) is 2.98. The molecule has 6 nitrogen and oxygen atoms in total. The van der Waals surface area contributed by atoms with Crippen LogP contribution in [0, 0.1) is 19.7 Å². The third-order valence-corrected chi connectivity index (χ3v) is 4.26. The number of aromatic nitrogens is 1. The highest BCUT2D eigenvalue weighted by atomic mass is 19.1.